The maximum atomic E-state index is 12.8. The average Bonchev–Trinajstić information content (AvgIpc) is 2.80. The molecule has 2 heterocycles. The van der Waals surface area contributed by atoms with E-state index >= 15 is 0 Å². The molecule has 5 amide bonds. The first-order chi connectivity index (χ1) is 16.5. The molecular weight excluding hydrogens is 470 g/mol. The molecule has 188 valence electrons. The van der Waals surface area contributed by atoms with Crippen molar-refractivity contribution in [3.8, 4) is 5.75 Å². The summed E-state index contributed by atoms with van der Waals surface area (Å²) >= 11 is 0. The van der Waals surface area contributed by atoms with Crippen LogP contribution in [0.2, 0.25) is 0 Å². The number of aliphatic hydroxyl groups excluding tert-OH is 1. The second kappa shape index (κ2) is 10.7. The van der Waals surface area contributed by atoms with Gasteiger partial charge in [-0.3, -0.25) is 19.3 Å². The van der Waals surface area contributed by atoms with Crippen LogP contribution in [-0.4, -0.2) is 106 Å². The fourth-order valence-electron chi connectivity index (χ4n) is 3.79. The first kappa shape index (κ1) is 25.9. The van der Waals surface area contributed by atoms with Crippen molar-refractivity contribution in [3.05, 3.63) is 29.3 Å². The lowest BCUT2D eigenvalue weighted by Crippen LogP contribution is -2.63. The number of nitrogens with zero attached hydrogens (tertiary/aromatic N) is 2. The van der Waals surface area contributed by atoms with Gasteiger partial charge < -0.3 is 35.4 Å². The number of nitrogens with one attached hydrogen (secondary N) is 2. The van der Waals surface area contributed by atoms with Crippen LogP contribution in [0.4, 0.5) is 9.18 Å². The molecule has 2 aliphatic heterocycles. The molecule has 3 atom stereocenters. The maximum absolute atomic E-state index is 12.8. The van der Waals surface area contributed by atoms with Gasteiger partial charge in [-0.2, -0.15) is 0 Å². The summed E-state index contributed by atoms with van der Waals surface area (Å²) in [4.78, 5) is 62.5. The van der Waals surface area contributed by atoms with Gasteiger partial charge in [-0.25, -0.2) is 14.0 Å². The number of urea groups is 1. The maximum Gasteiger partial charge on any atom is 0.547 e. The first-order valence-electron chi connectivity index (χ1n) is 10.7. The molecule has 0 aromatic heterocycles. The van der Waals surface area contributed by atoms with Crippen molar-refractivity contribution < 1.29 is 48.3 Å². The summed E-state index contributed by atoms with van der Waals surface area (Å²) in [5.74, 6) is -5.53. The predicted molar refractivity (Wildman–Crippen MR) is 116 cm³/mol. The Bertz CT molecular complexity index is 1040. The Hall–Kier alpha value is -3.72. The van der Waals surface area contributed by atoms with E-state index in [1.807, 2.05) is 0 Å². The molecule has 0 radical (unpaired) electrons. The van der Waals surface area contributed by atoms with E-state index in [-0.39, 0.29) is 37.4 Å². The quantitative estimate of drug-likeness (QED) is 0.210. The number of para-hydroxylation sites is 1. The molecule has 13 nitrogen and oxygen atoms in total. The molecule has 0 bridgehead atoms. The standard InChI is InChI=1S/C20H24BFN4O9/c1-10(27)14(24-20(33)26-8-7-25(6-5-22)17(29)18(26)30)16(28)23-13-9-11-3-2-4-12(19(31)32)15(11)35-21(13)34/h2-4,10,13-14,27,34H,5-9H2,1H3,(H,23,28)(H,24,33)(H,31,32)/t10-,13+,14-/m1/s1. The molecule has 35 heavy (non-hydrogen) atoms. The second-order valence-corrected chi connectivity index (χ2v) is 8.03. The Morgan fingerprint density at radius 2 is 1.97 bits per heavy atom. The molecule has 2 aliphatic rings. The van der Waals surface area contributed by atoms with Gasteiger partial charge in [-0.05, 0) is 25.0 Å². The molecule has 0 saturated carbocycles. The Balaban J connectivity index is 1.68. The van der Waals surface area contributed by atoms with Crippen molar-refractivity contribution in [1.29, 1.82) is 0 Å². The number of carbonyl (C=O) groups is 5. The van der Waals surface area contributed by atoms with Crippen molar-refractivity contribution >= 4 is 36.8 Å². The largest absolute Gasteiger partial charge is 0.547 e. The molecule has 15 heteroatoms. The number of aromatic carboxylic acids is 1. The van der Waals surface area contributed by atoms with Crippen molar-refractivity contribution in [2.75, 3.05) is 26.3 Å². The number of amides is 5. The summed E-state index contributed by atoms with van der Waals surface area (Å²) in [6, 6.07) is 1.66. The Labute approximate surface area is 199 Å². The summed E-state index contributed by atoms with van der Waals surface area (Å²) in [5, 5.41) is 34.3. The first-order valence-corrected chi connectivity index (χ1v) is 10.7. The highest BCUT2D eigenvalue weighted by Gasteiger charge is 2.41. The molecule has 1 aromatic rings. The normalized spacial score (nSPS) is 19.4. The molecule has 1 aromatic carbocycles. The monoisotopic (exact) mass is 494 g/mol. The van der Waals surface area contributed by atoms with Crippen LogP contribution in [0, 0.1) is 0 Å². The number of imide groups is 1. The number of benzene rings is 1. The molecular formula is C20H24BFN4O9. The van der Waals surface area contributed by atoms with Gasteiger partial charge in [-0.15, -0.1) is 0 Å². The van der Waals surface area contributed by atoms with Gasteiger partial charge in [-0.1, -0.05) is 12.1 Å². The summed E-state index contributed by atoms with van der Waals surface area (Å²) in [5.41, 5.74) is 0.250. The van der Waals surface area contributed by atoms with Gasteiger partial charge in [0.05, 0.1) is 17.6 Å². The summed E-state index contributed by atoms with van der Waals surface area (Å²) in [6.07, 6.45) is -1.45. The van der Waals surface area contributed by atoms with E-state index in [4.69, 9.17) is 4.65 Å². The van der Waals surface area contributed by atoms with Crippen LogP contribution >= 0.6 is 0 Å². The molecule has 0 unspecified atom stereocenters. The van der Waals surface area contributed by atoms with Crippen molar-refractivity contribution in [2.24, 2.45) is 0 Å². The molecule has 0 spiro atoms. The number of hydrogen-bond acceptors (Lipinski definition) is 8. The van der Waals surface area contributed by atoms with E-state index in [2.05, 4.69) is 10.6 Å². The number of aliphatic hydroxyl groups is 1. The number of fused-ring (bicyclic) bond motifs is 1. The fourth-order valence-corrected chi connectivity index (χ4v) is 3.79. The average molecular weight is 494 g/mol. The Morgan fingerprint density at radius 3 is 2.60 bits per heavy atom. The number of alkyl halides is 1. The Kier molecular flexibility index (Phi) is 7.91. The molecule has 1 saturated heterocycles. The summed E-state index contributed by atoms with van der Waals surface area (Å²) in [7, 11) is -1.62. The zero-order valence-electron chi connectivity index (χ0n) is 18.6. The SMILES string of the molecule is C[C@@H](O)[C@@H](NC(=O)N1CCN(CCF)C(=O)C1=O)C(=O)N[C@H]1Cc2cccc(C(=O)O)c2OB1O. The zero-order chi connectivity index (χ0) is 25.9. The smallest absolute Gasteiger partial charge is 0.534 e. The van der Waals surface area contributed by atoms with Crippen LogP contribution < -0.4 is 15.3 Å². The van der Waals surface area contributed by atoms with Crippen LogP contribution in [0.1, 0.15) is 22.8 Å². The minimum Gasteiger partial charge on any atom is -0.534 e. The number of carboxylic acid groups (broad SMARTS) is 1. The second-order valence-electron chi connectivity index (χ2n) is 8.03. The number of piperazine rings is 1. The summed E-state index contributed by atoms with van der Waals surface area (Å²) in [6.45, 7) is -0.256. The van der Waals surface area contributed by atoms with E-state index in [0.717, 1.165) is 4.90 Å². The predicted octanol–water partition coefficient (Wildman–Crippen LogP) is -2.08. The molecule has 1 fully saturated rings. The minimum atomic E-state index is -1.62. The molecule has 0 aliphatic carbocycles. The van der Waals surface area contributed by atoms with E-state index < -0.39 is 61.6 Å². The van der Waals surface area contributed by atoms with Crippen molar-refractivity contribution in [3.63, 3.8) is 0 Å². The van der Waals surface area contributed by atoms with Gasteiger partial charge in [0, 0.05) is 19.6 Å². The highest BCUT2D eigenvalue weighted by molar-refractivity contribution is 6.47. The molecule has 5 N–H and O–H groups in total. The van der Waals surface area contributed by atoms with E-state index in [0.29, 0.717) is 10.5 Å². The van der Waals surface area contributed by atoms with Gasteiger partial charge in [0.25, 0.3) is 0 Å². The number of halogens is 1. The van der Waals surface area contributed by atoms with Gasteiger partial charge >= 0.3 is 30.9 Å². The highest BCUT2D eigenvalue weighted by Crippen LogP contribution is 2.30. The topological polar surface area (TPSA) is 186 Å². The van der Waals surface area contributed by atoms with E-state index in [1.54, 1.807) is 6.07 Å². The van der Waals surface area contributed by atoms with Crippen LogP contribution in [0.15, 0.2) is 18.2 Å². The lowest BCUT2D eigenvalue weighted by atomic mass is 9.72. The minimum absolute atomic E-state index is 0.00659. The highest BCUT2D eigenvalue weighted by atomic mass is 19.1. The van der Waals surface area contributed by atoms with Gasteiger partial charge in [0.1, 0.15) is 18.5 Å². The van der Waals surface area contributed by atoms with Gasteiger partial charge in [0.15, 0.2) is 0 Å². The van der Waals surface area contributed by atoms with Crippen molar-refractivity contribution in [1.82, 2.24) is 20.4 Å². The third-order valence-corrected chi connectivity index (χ3v) is 5.63. The summed E-state index contributed by atoms with van der Waals surface area (Å²) < 4.78 is 17.8. The lowest BCUT2D eigenvalue weighted by molar-refractivity contribution is -0.153. The van der Waals surface area contributed by atoms with E-state index in [1.165, 1.54) is 19.1 Å². The van der Waals surface area contributed by atoms with Crippen LogP contribution in [0.5, 0.6) is 5.75 Å². The van der Waals surface area contributed by atoms with Gasteiger partial charge in [0.2, 0.25) is 5.91 Å². The van der Waals surface area contributed by atoms with E-state index in [9.17, 15) is 43.6 Å². The third kappa shape index (κ3) is 5.51. The molecule has 3 rings (SSSR count). The number of hydrogen-bond donors (Lipinski definition) is 5. The third-order valence-electron chi connectivity index (χ3n) is 5.63. The van der Waals surface area contributed by atoms with Crippen LogP contribution in [-0.2, 0) is 20.8 Å². The Morgan fingerprint density at radius 1 is 1.26 bits per heavy atom. The fraction of sp³-hybridized carbons (Fsp3) is 0.450. The van der Waals surface area contributed by atoms with Crippen molar-refractivity contribution in [2.45, 2.75) is 31.4 Å². The van der Waals surface area contributed by atoms with Crippen LogP contribution in [0.3, 0.4) is 0 Å². The zero-order valence-corrected chi connectivity index (χ0v) is 18.6. The number of carboxylic acids is 1. The van der Waals surface area contributed by atoms with Crippen LogP contribution in [0.25, 0.3) is 0 Å². The number of rotatable bonds is 7. The number of carbonyl (C=O) groups excluding carboxylic acids is 4. The lowest BCUT2D eigenvalue weighted by Gasteiger charge is -2.34.